The van der Waals surface area contributed by atoms with Gasteiger partial charge in [-0.2, -0.15) is 0 Å². The maximum absolute atomic E-state index is 5.75. The van der Waals surface area contributed by atoms with Crippen LogP contribution in [0.5, 0.6) is 5.75 Å². The van der Waals surface area contributed by atoms with Crippen LogP contribution in [0.15, 0.2) is 40.2 Å². The van der Waals surface area contributed by atoms with Crippen LogP contribution in [-0.2, 0) is 17.9 Å². The molecule has 0 bridgehead atoms. The molecular formula is C15H18BrNO2S. The molecule has 0 fully saturated rings. The van der Waals surface area contributed by atoms with Crippen LogP contribution >= 0.6 is 27.3 Å². The van der Waals surface area contributed by atoms with E-state index in [1.807, 2.05) is 18.2 Å². The summed E-state index contributed by atoms with van der Waals surface area (Å²) in [5.41, 5.74) is 1.24. The number of methoxy groups -OCH3 is 1. The van der Waals surface area contributed by atoms with Crippen molar-refractivity contribution in [1.82, 2.24) is 5.32 Å². The number of thiophene rings is 1. The number of hydrogen-bond donors (Lipinski definition) is 1. The van der Waals surface area contributed by atoms with Gasteiger partial charge in [0, 0.05) is 25.1 Å². The zero-order valence-electron chi connectivity index (χ0n) is 11.4. The zero-order chi connectivity index (χ0) is 14.2. The normalized spacial score (nSPS) is 10.7. The van der Waals surface area contributed by atoms with Gasteiger partial charge in [-0.05, 0) is 45.8 Å². The summed E-state index contributed by atoms with van der Waals surface area (Å²) in [6, 6.07) is 12.3. The highest BCUT2D eigenvalue weighted by Crippen LogP contribution is 2.23. The van der Waals surface area contributed by atoms with Crippen molar-refractivity contribution in [2.45, 2.75) is 13.2 Å². The van der Waals surface area contributed by atoms with Gasteiger partial charge in [0.2, 0.25) is 0 Å². The van der Waals surface area contributed by atoms with Crippen molar-refractivity contribution in [1.29, 1.82) is 0 Å². The van der Waals surface area contributed by atoms with Crippen LogP contribution < -0.4 is 10.1 Å². The van der Waals surface area contributed by atoms with Crippen molar-refractivity contribution in [2.75, 3.05) is 20.3 Å². The molecule has 0 atom stereocenters. The molecule has 3 nitrogen and oxygen atoms in total. The Labute approximate surface area is 132 Å². The van der Waals surface area contributed by atoms with E-state index in [9.17, 15) is 0 Å². The molecule has 0 amide bonds. The second-order valence-electron chi connectivity index (χ2n) is 4.31. The van der Waals surface area contributed by atoms with Gasteiger partial charge in [-0.15, -0.1) is 11.3 Å². The largest absolute Gasteiger partial charge is 0.488 e. The summed E-state index contributed by atoms with van der Waals surface area (Å²) in [4.78, 5) is 1.21. The van der Waals surface area contributed by atoms with Gasteiger partial charge in [0.05, 0.1) is 10.4 Å². The molecular weight excluding hydrogens is 338 g/mol. The van der Waals surface area contributed by atoms with Crippen molar-refractivity contribution in [3.05, 3.63) is 50.6 Å². The molecule has 1 aromatic heterocycles. The average Bonchev–Trinajstić information content (AvgIpc) is 2.88. The number of ether oxygens (including phenoxy) is 2. The van der Waals surface area contributed by atoms with Gasteiger partial charge in [-0.25, -0.2) is 0 Å². The minimum atomic E-state index is 0.613. The van der Waals surface area contributed by atoms with Crippen molar-refractivity contribution in [2.24, 2.45) is 0 Å². The average molecular weight is 356 g/mol. The molecule has 0 saturated carbocycles. The van der Waals surface area contributed by atoms with E-state index in [4.69, 9.17) is 9.47 Å². The number of hydrogen-bond acceptors (Lipinski definition) is 4. The first-order chi connectivity index (χ1) is 9.78. The molecule has 20 heavy (non-hydrogen) atoms. The summed E-state index contributed by atoms with van der Waals surface area (Å²) in [6.07, 6.45) is 0. The first-order valence-electron chi connectivity index (χ1n) is 6.43. The fourth-order valence-corrected chi connectivity index (χ4v) is 3.09. The summed E-state index contributed by atoms with van der Waals surface area (Å²) in [6.45, 7) is 3.06. The van der Waals surface area contributed by atoms with E-state index >= 15 is 0 Å². The van der Waals surface area contributed by atoms with Crippen LogP contribution in [0.3, 0.4) is 0 Å². The van der Waals surface area contributed by atoms with E-state index in [1.165, 1.54) is 10.4 Å². The molecule has 0 aliphatic carbocycles. The lowest BCUT2D eigenvalue weighted by atomic mass is 10.2. The molecule has 2 aromatic rings. The predicted molar refractivity (Wildman–Crippen MR) is 86.4 cm³/mol. The van der Waals surface area contributed by atoms with E-state index < -0.39 is 0 Å². The van der Waals surface area contributed by atoms with Crippen LogP contribution in [0.2, 0.25) is 0 Å². The smallest absolute Gasteiger partial charge is 0.122 e. The van der Waals surface area contributed by atoms with Gasteiger partial charge >= 0.3 is 0 Å². The first kappa shape index (κ1) is 15.5. The summed E-state index contributed by atoms with van der Waals surface area (Å²) < 4.78 is 11.9. The van der Waals surface area contributed by atoms with Crippen molar-refractivity contribution < 1.29 is 9.47 Å². The topological polar surface area (TPSA) is 30.5 Å². The summed E-state index contributed by atoms with van der Waals surface area (Å²) in [5.74, 6) is 0.898. The van der Waals surface area contributed by atoms with E-state index in [-0.39, 0.29) is 0 Å². The Bertz CT molecular complexity index is 513. The number of nitrogens with one attached hydrogen (secondary N) is 1. The standard InChI is InChI=1S/C15H18BrNO2S/c1-18-9-8-17-10-12-2-4-13(5-3-12)19-11-14-6-7-15(16)20-14/h2-7,17H,8-11H2,1H3. The van der Waals surface area contributed by atoms with E-state index in [0.29, 0.717) is 6.61 Å². The Morgan fingerprint density at radius 1 is 1.15 bits per heavy atom. The van der Waals surface area contributed by atoms with E-state index in [2.05, 4.69) is 39.4 Å². The fourth-order valence-electron chi connectivity index (χ4n) is 1.69. The quantitative estimate of drug-likeness (QED) is 0.730. The Morgan fingerprint density at radius 2 is 1.95 bits per heavy atom. The zero-order valence-corrected chi connectivity index (χ0v) is 13.8. The summed E-state index contributed by atoms with van der Waals surface area (Å²) >= 11 is 5.15. The van der Waals surface area contributed by atoms with Crippen LogP contribution in [-0.4, -0.2) is 20.3 Å². The molecule has 108 valence electrons. The van der Waals surface area contributed by atoms with E-state index in [1.54, 1.807) is 18.4 Å². The second-order valence-corrected chi connectivity index (χ2v) is 6.86. The molecule has 0 radical (unpaired) electrons. The maximum atomic E-state index is 5.75. The molecule has 0 saturated heterocycles. The molecule has 5 heteroatoms. The molecule has 1 N–H and O–H groups in total. The Kier molecular flexibility index (Phi) is 6.53. The first-order valence-corrected chi connectivity index (χ1v) is 8.04. The minimum absolute atomic E-state index is 0.613. The van der Waals surface area contributed by atoms with Gasteiger partial charge in [0.25, 0.3) is 0 Å². The summed E-state index contributed by atoms with van der Waals surface area (Å²) in [7, 11) is 1.71. The van der Waals surface area contributed by atoms with Crippen molar-refractivity contribution in [3.63, 3.8) is 0 Å². The lowest BCUT2D eigenvalue weighted by molar-refractivity contribution is 0.199. The Hall–Kier alpha value is -0.880. The lowest BCUT2D eigenvalue weighted by Gasteiger charge is -2.07. The summed E-state index contributed by atoms with van der Waals surface area (Å²) in [5, 5.41) is 3.31. The number of benzene rings is 1. The molecule has 0 spiro atoms. The third-order valence-corrected chi connectivity index (χ3v) is 4.34. The van der Waals surface area contributed by atoms with Crippen LogP contribution in [0.4, 0.5) is 0 Å². The van der Waals surface area contributed by atoms with Crippen LogP contribution in [0.1, 0.15) is 10.4 Å². The number of rotatable bonds is 8. The Balaban J connectivity index is 1.76. The molecule has 0 aliphatic rings. The fraction of sp³-hybridized carbons (Fsp3) is 0.333. The second kappa shape index (κ2) is 8.42. The molecule has 0 unspecified atom stereocenters. The van der Waals surface area contributed by atoms with E-state index in [0.717, 1.165) is 29.2 Å². The predicted octanol–water partition coefficient (Wildman–Crippen LogP) is 3.83. The number of halogens is 1. The van der Waals surface area contributed by atoms with Gasteiger partial charge in [-0.1, -0.05) is 12.1 Å². The molecule has 1 heterocycles. The highest BCUT2D eigenvalue weighted by molar-refractivity contribution is 9.11. The molecule has 1 aromatic carbocycles. The third kappa shape index (κ3) is 5.25. The van der Waals surface area contributed by atoms with Crippen LogP contribution in [0, 0.1) is 0 Å². The van der Waals surface area contributed by atoms with Crippen molar-refractivity contribution >= 4 is 27.3 Å². The molecule has 2 rings (SSSR count). The van der Waals surface area contributed by atoms with Gasteiger partial charge in [0.1, 0.15) is 12.4 Å². The van der Waals surface area contributed by atoms with Crippen LogP contribution in [0.25, 0.3) is 0 Å². The van der Waals surface area contributed by atoms with Gasteiger partial charge in [-0.3, -0.25) is 0 Å². The third-order valence-electron chi connectivity index (χ3n) is 2.75. The SMILES string of the molecule is COCCNCc1ccc(OCc2ccc(Br)s2)cc1. The van der Waals surface area contributed by atoms with Gasteiger partial charge < -0.3 is 14.8 Å². The van der Waals surface area contributed by atoms with Crippen molar-refractivity contribution in [3.8, 4) is 5.75 Å². The minimum Gasteiger partial charge on any atom is -0.488 e. The monoisotopic (exact) mass is 355 g/mol. The lowest BCUT2D eigenvalue weighted by Crippen LogP contribution is -2.18. The maximum Gasteiger partial charge on any atom is 0.122 e. The molecule has 0 aliphatic heterocycles. The highest BCUT2D eigenvalue weighted by Gasteiger charge is 2.00. The van der Waals surface area contributed by atoms with Gasteiger partial charge in [0.15, 0.2) is 0 Å². The highest BCUT2D eigenvalue weighted by atomic mass is 79.9. The Morgan fingerprint density at radius 3 is 2.60 bits per heavy atom.